The average Bonchev–Trinajstić information content (AvgIpc) is 2.91. The normalized spacial score (nSPS) is 13.9. The molecular weight excluding hydrogens is 298 g/mol. The molecule has 7 nitrogen and oxygen atoms in total. The highest BCUT2D eigenvalue weighted by Crippen LogP contribution is 2.35. The number of amides is 3. The van der Waals surface area contributed by atoms with E-state index in [0.717, 1.165) is 4.90 Å². The number of carbonyl (C=O) groups is 2. The summed E-state index contributed by atoms with van der Waals surface area (Å²) in [4.78, 5) is 24.5. The molecule has 1 aliphatic rings. The van der Waals surface area contributed by atoms with E-state index in [-0.39, 0.29) is 18.5 Å². The molecule has 8 heteroatoms. The summed E-state index contributed by atoms with van der Waals surface area (Å²) in [6.07, 6.45) is 0. The molecule has 1 saturated heterocycles. The molecule has 1 aliphatic heterocycles. The number of methoxy groups -OCH3 is 2. The number of rotatable bonds is 5. The van der Waals surface area contributed by atoms with Crippen LogP contribution in [0, 0.1) is 0 Å². The van der Waals surface area contributed by atoms with Gasteiger partial charge in [0, 0.05) is 19.2 Å². The molecule has 0 unspecified atom stereocenters. The van der Waals surface area contributed by atoms with Crippen LogP contribution in [0.3, 0.4) is 0 Å². The van der Waals surface area contributed by atoms with Crippen LogP contribution in [0.4, 0.5) is 10.5 Å². The number of carbonyl (C=O) groups excluding carboxylic acids is 2. The van der Waals surface area contributed by atoms with Gasteiger partial charge in [-0.1, -0.05) is 11.6 Å². The molecule has 1 aromatic rings. The monoisotopic (exact) mass is 313 g/mol. The first-order chi connectivity index (χ1) is 10.1. The van der Waals surface area contributed by atoms with Crippen LogP contribution in [-0.2, 0) is 4.79 Å². The first-order valence-corrected chi connectivity index (χ1v) is 6.68. The predicted molar refractivity (Wildman–Crippen MR) is 78.2 cm³/mol. The molecule has 0 bridgehead atoms. The maximum Gasteiger partial charge on any atom is 0.324 e. The second kappa shape index (κ2) is 6.53. The molecule has 1 fully saturated rings. The maximum atomic E-state index is 11.9. The summed E-state index contributed by atoms with van der Waals surface area (Å²) in [5, 5.41) is 5.88. The molecule has 0 saturated carbocycles. The summed E-state index contributed by atoms with van der Waals surface area (Å²) >= 11 is 6.04. The lowest BCUT2D eigenvalue weighted by atomic mass is 10.2. The van der Waals surface area contributed by atoms with Crippen molar-refractivity contribution < 1.29 is 19.1 Å². The molecule has 21 heavy (non-hydrogen) atoms. The highest BCUT2D eigenvalue weighted by atomic mass is 35.5. The Balaban J connectivity index is 2.07. The van der Waals surface area contributed by atoms with Crippen LogP contribution >= 0.6 is 11.6 Å². The van der Waals surface area contributed by atoms with Gasteiger partial charge in [-0.15, -0.1) is 0 Å². The third-order valence-corrected chi connectivity index (χ3v) is 3.36. The fourth-order valence-electron chi connectivity index (χ4n) is 1.97. The van der Waals surface area contributed by atoms with Gasteiger partial charge in [0.1, 0.15) is 11.5 Å². The van der Waals surface area contributed by atoms with Crippen molar-refractivity contribution >= 4 is 29.2 Å². The average molecular weight is 314 g/mol. The molecule has 0 atom stereocenters. The Hall–Kier alpha value is -2.15. The van der Waals surface area contributed by atoms with E-state index in [1.807, 2.05) is 0 Å². The standard InChI is InChI=1S/C13H16ClN3O4/c1-20-10-6-11(21-2)9(5-8(10)14)16-7-12(18)17-4-3-15-13(17)19/h5-6,16H,3-4,7H2,1-2H3,(H,15,19). The lowest BCUT2D eigenvalue weighted by Crippen LogP contribution is -2.38. The summed E-state index contributed by atoms with van der Waals surface area (Å²) in [5.74, 6) is 0.651. The molecule has 2 N–H and O–H groups in total. The SMILES string of the molecule is COc1cc(OC)c(NCC(=O)N2CCNC2=O)cc1Cl. The van der Waals surface area contributed by atoms with Gasteiger partial charge in [0.05, 0.1) is 31.5 Å². The molecule has 3 amide bonds. The van der Waals surface area contributed by atoms with E-state index in [2.05, 4.69) is 10.6 Å². The summed E-state index contributed by atoms with van der Waals surface area (Å²) in [7, 11) is 3.01. The van der Waals surface area contributed by atoms with Crippen LogP contribution in [0.15, 0.2) is 12.1 Å². The number of anilines is 1. The van der Waals surface area contributed by atoms with E-state index in [4.69, 9.17) is 21.1 Å². The number of ether oxygens (including phenoxy) is 2. The van der Waals surface area contributed by atoms with Gasteiger partial charge in [-0.05, 0) is 6.07 Å². The summed E-state index contributed by atoms with van der Waals surface area (Å²) < 4.78 is 10.3. The minimum atomic E-state index is -0.374. The second-order valence-electron chi connectivity index (χ2n) is 4.32. The van der Waals surface area contributed by atoms with Crippen molar-refractivity contribution in [3.8, 4) is 11.5 Å². The van der Waals surface area contributed by atoms with Crippen molar-refractivity contribution in [1.82, 2.24) is 10.2 Å². The van der Waals surface area contributed by atoms with Crippen molar-refractivity contribution in [3.05, 3.63) is 17.2 Å². The zero-order chi connectivity index (χ0) is 15.4. The number of hydrogen-bond donors (Lipinski definition) is 2. The quantitative estimate of drug-likeness (QED) is 0.857. The first kappa shape index (κ1) is 15.2. The minimum Gasteiger partial charge on any atom is -0.495 e. The molecule has 2 rings (SSSR count). The summed E-state index contributed by atoms with van der Waals surface area (Å²) in [6, 6.07) is 2.86. The number of halogens is 1. The molecule has 0 aliphatic carbocycles. The molecule has 114 valence electrons. The number of benzene rings is 1. The van der Waals surface area contributed by atoms with Crippen molar-refractivity contribution in [2.24, 2.45) is 0 Å². The van der Waals surface area contributed by atoms with Gasteiger partial charge in [-0.3, -0.25) is 9.69 Å². The van der Waals surface area contributed by atoms with Gasteiger partial charge in [-0.2, -0.15) is 0 Å². The van der Waals surface area contributed by atoms with Crippen LogP contribution in [-0.4, -0.2) is 50.7 Å². The van der Waals surface area contributed by atoms with Crippen LogP contribution < -0.4 is 20.1 Å². The van der Waals surface area contributed by atoms with E-state index in [1.165, 1.54) is 14.2 Å². The zero-order valence-electron chi connectivity index (χ0n) is 11.7. The van der Waals surface area contributed by atoms with E-state index in [0.29, 0.717) is 35.3 Å². The van der Waals surface area contributed by atoms with Crippen molar-refractivity contribution in [2.45, 2.75) is 0 Å². The van der Waals surface area contributed by atoms with Gasteiger partial charge in [0.15, 0.2) is 0 Å². The molecular formula is C13H16ClN3O4. The lowest BCUT2D eigenvalue weighted by molar-refractivity contribution is -0.125. The highest BCUT2D eigenvalue weighted by molar-refractivity contribution is 6.32. The third kappa shape index (κ3) is 3.30. The highest BCUT2D eigenvalue weighted by Gasteiger charge is 2.25. The Morgan fingerprint density at radius 3 is 2.67 bits per heavy atom. The van der Waals surface area contributed by atoms with Crippen molar-refractivity contribution in [2.75, 3.05) is 39.2 Å². The second-order valence-corrected chi connectivity index (χ2v) is 4.73. The Bertz CT molecular complexity index is 565. The summed E-state index contributed by atoms with van der Waals surface area (Å²) in [6.45, 7) is 0.814. The Kier molecular flexibility index (Phi) is 4.74. The van der Waals surface area contributed by atoms with E-state index < -0.39 is 0 Å². The fraction of sp³-hybridized carbons (Fsp3) is 0.385. The number of hydrogen-bond acceptors (Lipinski definition) is 5. The van der Waals surface area contributed by atoms with E-state index in [1.54, 1.807) is 12.1 Å². The number of imide groups is 1. The van der Waals surface area contributed by atoms with E-state index in [9.17, 15) is 9.59 Å². The molecule has 0 aromatic heterocycles. The zero-order valence-corrected chi connectivity index (χ0v) is 12.5. The van der Waals surface area contributed by atoms with Crippen LogP contribution in [0.25, 0.3) is 0 Å². The fourth-order valence-corrected chi connectivity index (χ4v) is 2.21. The number of nitrogens with zero attached hydrogens (tertiary/aromatic N) is 1. The van der Waals surface area contributed by atoms with Gasteiger partial charge in [-0.25, -0.2) is 4.79 Å². The summed E-state index contributed by atoms with van der Waals surface area (Å²) in [5.41, 5.74) is 0.552. The third-order valence-electron chi connectivity index (χ3n) is 3.06. The largest absolute Gasteiger partial charge is 0.495 e. The van der Waals surface area contributed by atoms with Gasteiger partial charge < -0.3 is 20.1 Å². The molecule has 1 heterocycles. The topological polar surface area (TPSA) is 79.9 Å². The maximum absolute atomic E-state index is 11.9. The lowest BCUT2D eigenvalue weighted by Gasteiger charge is -2.16. The Morgan fingerprint density at radius 1 is 1.38 bits per heavy atom. The van der Waals surface area contributed by atoms with Crippen LogP contribution in [0.2, 0.25) is 5.02 Å². The Labute approximate surface area is 127 Å². The predicted octanol–water partition coefficient (Wildman–Crippen LogP) is 1.32. The Morgan fingerprint density at radius 2 is 2.10 bits per heavy atom. The van der Waals surface area contributed by atoms with Crippen LogP contribution in [0.1, 0.15) is 0 Å². The first-order valence-electron chi connectivity index (χ1n) is 6.30. The molecule has 1 aromatic carbocycles. The van der Waals surface area contributed by atoms with Gasteiger partial charge in [0.2, 0.25) is 5.91 Å². The van der Waals surface area contributed by atoms with E-state index >= 15 is 0 Å². The van der Waals surface area contributed by atoms with Gasteiger partial charge in [0.25, 0.3) is 0 Å². The van der Waals surface area contributed by atoms with Crippen LogP contribution in [0.5, 0.6) is 11.5 Å². The minimum absolute atomic E-state index is 0.0353. The van der Waals surface area contributed by atoms with Crippen molar-refractivity contribution in [3.63, 3.8) is 0 Å². The molecule has 0 radical (unpaired) electrons. The van der Waals surface area contributed by atoms with Gasteiger partial charge >= 0.3 is 6.03 Å². The smallest absolute Gasteiger partial charge is 0.324 e. The number of nitrogens with one attached hydrogen (secondary N) is 2. The molecule has 0 spiro atoms. The number of urea groups is 1. The van der Waals surface area contributed by atoms with Crippen molar-refractivity contribution in [1.29, 1.82) is 0 Å².